The van der Waals surface area contributed by atoms with E-state index in [-0.39, 0.29) is 23.9 Å². The van der Waals surface area contributed by atoms with E-state index in [0.717, 1.165) is 5.56 Å². The van der Waals surface area contributed by atoms with Crippen molar-refractivity contribution in [3.05, 3.63) is 33.8 Å². The second-order valence-corrected chi connectivity index (χ2v) is 7.01. The molecule has 6 heteroatoms. The SMILES string of the molecule is CC(C)(C)N1C(=O)C/C(=N/O)CC1c1ccc(Cl)cc1Cl. The van der Waals surface area contributed by atoms with Gasteiger partial charge in [0, 0.05) is 22.0 Å². The van der Waals surface area contributed by atoms with Crippen molar-refractivity contribution in [3.63, 3.8) is 0 Å². The van der Waals surface area contributed by atoms with Gasteiger partial charge in [0.05, 0.1) is 18.2 Å². The predicted molar refractivity (Wildman–Crippen MR) is 84.3 cm³/mol. The Kier molecular flexibility index (Phi) is 4.49. The van der Waals surface area contributed by atoms with E-state index >= 15 is 0 Å². The summed E-state index contributed by atoms with van der Waals surface area (Å²) in [4.78, 5) is 14.2. The topological polar surface area (TPSA) is 52.9 Å². The normalized spacial score (nSPS) is 22.0. The Balaban J connectivity index is 2.51. The Labute approximate surface area is 134 Å². The molecule has 2 rings (SSSR count). The van der Waals surface area contributed by atoms with Gasteiger partial charge in [-0.3, -0.25) is 4.79 Å². The molecule has 0 spiro atoms. The van der Waals surface area contributed by atoms with E-state index in [1.165, 1.54) is 0 Å². The first kappa shape index (κ1) is 16.1. The summed E-state index contributed by atoms with van der Waals surface area (Å²) in [6.45, 7) is 5.93. The molecule has 0 bridgehead atoms. The third-order valence-corrected chi connectivity index (χ3v) is 4.11. The van der Waals surface area contributed by atoms with Crippen LogP contribution in [-0.4, -0.2) is 27.3 Å². The average molecular weight is 329 g/mol. The van der Waals surface area contributed by atoms with Gasteiger partial charge < -0.3 is 10.1 Å². The van der Waals surface area contributed by atoms with E-state index in [0.29, 0.717) is 22.2 Å². The maximum absolute atomic E-state index is 12.4. The number of halogens is 2. The van der Waals surface area contributed by atoms with Gasteiger partial charge in [-0.1, -0.05) is 34.4 Å². The van der Waals surface area contributed by atoms with Crippen molar-refractivity contribution in [3.8, 4) is 0 Å². The number of benzene rings is 1. The first-order valence-electron chi connectivity index (χ1n) is 6.71. The maximum atomic E-state index is 12.4. The molecule has 114 valence electrons. The van der Waals surface area contributed by atoms with Crippen molar-refractivity contribution in [2.45, 2.75) is 45.2 Å². The van der Waals surface area contributed by atoms with E-state index < -0.39 is 0 Å². The molecule has 1 aliphatic rings. The predicted octanol–water partition coefficient (Wildman–Crippen LogP) is 4.29. The monoisotopic (exact) mass is 328 g/mol. The summed E-state index contributed by atoms with van der Waals surface area (Å²) in [5.74, 6) is -0.0717. The molecular formula is C15H18Cl2N2O2. The number of hydrogen-bond acceptors (Lipinski definition) is 3. The van der Waals surface area contributed by atoms with E-state index in [1.54, 1.807) is 17.0 Å². The molecule has 1 fully saturated rings. The molecule has 1 aromatic carbocycles. The molecule has 0 radical (unpaired) electrons. The highest BCUT2D eigenvalue weighted by Gasteiger charge is 2.39. The van der Waals surface area contributed by atoms with E-state index in [4.69, 9.17) is 28.4 Å². The molecule has 1 unspecified atom stereocenters. The molecule has 1 aromatic rings. The third kappa shape index (κ3) is 3.33. The highest BCUT2D eigenvalue weighted by atomic mass is 35.5. The highest BCUT2D eigenvalue weighted by Crippen LogP contribution is 2.39. The summed E-state index contributed by atoms with van der Waals surface area (Å²) in [6, 6.07) is 4.97. The van der Waals surface area contributed by atoms with Gasteiger partial charge in [-0.2, -0.15) is 0 Å². The van der Waals surface area contributed by atoms with Crippen LogP contribution >= 0.6 is 23.2 Å². The Morgan fingerprint density at radius 1 is 1.33 bits per heavy atom. The van der Waals surface area contributed by atoms with Crippen LogP contribution in [0.5, 0.6) is 0 Å². The number of hydrogen-bond donors (Lipinski definition) is 1. The van der Waals surface area contributed by atoms with E-state index in [9.17, 15) is 4.79 Å². The lowest BCUT2D eigenvalue weighted by Gasteiger charge is -2.45. The lowest BCUT2D eigenvalue weighted by atomic mass is 9.88. The van der Waals surface area contributed by atoms with E-state index in [2.05, 4.69) is 5.16 Å². The minimum Gasteiger partial charge on any atom is -0.411 e. The minimum atomic E-state index is -0.355. The molecular weight excluding hydrogens is 311 g/mol. The smallest absolute Gasteiger partial charge is 0.229 e. The van der Waals surface area contributed by atoms with Crippen LogP contribution in [0.1, 0.15) is 45.2 Å². The number of piperidine rings is 1. The largest absolute Gasteiger partial charge is 0.411 e. The van der Waals surface area contributed by atoms with Crippen molar-refractivity contribution < 1.29 is 10.0 Å². The van der Waals surface area contributed by atoms with Crippen LogP contribution < -0.4 is 0 Å². The van der Waals surface area contributed by atoms with Gasteiger partial charge >= 0.3 is 0 Å². The molecule has 1 N–H and O–H groups in total. The number of carbonyl (C=O) groups is 1. The Hall–Kier alpha value is -1.26. The Bertz CT molecular complexity index is 594. The van der Waals surface area contributed by atoms with Gasteiger partial charge in [0.25, 0.3) is 0 Å². The van der Waals surface area contributed by atoms with Crippen LogP contribution in [-0.2, 0) is 4.79 Å². The summed E-state index contributed by atoms with van der Waals surface area (Å²) >= 11 is 12.2. The molecule has 1 saturated heterocycles. The lowest BCUT2D eigenvalue weighted by Crippen LogP contribution is -2.51. The van der Waals surface area contributed by atoms with Crippen LogP contribution in [0.25, 0.3) is 0 Å². The molecule has 0 aromatic heterocycles. The van der Waals surface area contributed by atoms with Gasteiger partial charge in [-0.15, -0.1) is 0 Å². The molecule has 0 saturated carbocycles. The Morgan fingerprint density at radius 3 is 2.52 bits per heavy atom. The van der Waals surface area contributed by atoms with Crippen LogP contribution in [0.15, 0.2) is 23.4 Å². The maximum Gasteiger partial charge on any atom is 0.229 e. The van der Waals surface area contributed by atoms with Crippen LogP contribution in [0.2, 0.25) is 10.0 Å². The number of amides is 1. The first-order chi connectivity index (χ1) is 9.74. The van der Waals surface area contributed by atoms with E-state index in [1.807, 2.05) is 26.8 Å². The fraction of sp³-hybridized carbons (Fsp3) is 0.467. The standard InChI is InChI=1S/C15H18Cl2N2O2/c1-15(2,3)19-13(7-10(18-21)8-14(19)20)11-5-4-9(16)6-12(11)17/h4-6,13,21H,7-8H2,1-3H3/b18-10+. The van der Waals surface area contributed by atoms with Crippen LogP contribution in [0, 0.1) is 0 Å². The van der Waals surface area contributed by atoms with Gasteiger partial charge in [-0.25, -0.2) is 0 Å². The fourth-order valence-corrected chi connectivity index (χ4v) is 3.29. The van der Waals surface area contributed by atoms with Crippen molar-refractivity contribution >= 4 is 34.8 Å². The number of nitrogens with zero attached hydrogens (tertiary/aromatic N) is 2. The van der Waals surface area contributed by atoms with Crippen molar-refractivity contribution in [1.29, 1.82) is 0 Å². The van der Waals surface area contributed by atoms with Crippen molar-refractivity contribution in [1.82, 2.24) is 4.90 Å². The zero-order valence-electron chi connectivity index (χ0n) is 12.2. The number of rotatable bonds is 1. The second-order valence-electron chi connectivity index (χ2n) is 6.16. The number of likely N-dealkylation sites (tertiary alicyclic amines) is 1. The second kappa shape index (κ2) is 5.85. The summed E-state index contributed by atoms with van der Waals surface area (Å²) in [6.07, 6.45) is 0.594. The molecule has 4 nitrogen and oxygen atoms in total. The third-order valence-electron chi connectivity index (χ3n) is 3.55. The molecule has 1 heterocycles. The summed E-state index contributed by atoms with van der Waals surface area (Å²) in [7, 11) is 0. The van der Waals surface area contributed by atoms with Crippen LogP contribution in [0.3, 0.4) is 0 Å². The van der Waals surface area contributed by atoms with Gasteiger partial charge in [0.15, 0.2) is 0 Å². The van der Waals surface area contributed by atoms with Crippen molar-refractivity contribution in [2.24, 2.45) is 5.16 Å². The zero-order valence-corrected chi connectivity index (χ0v) is 13.7. The molecule has 1 amide bonds. The molecule has 1 aliphatic heterocycles. The highest BCUT2D eigenvalue weighted by molar-refractivity contribution is 6.35. The number of carbonyl (C=O) groups excluding carboxylic acids is 1. The van der Waals surface area contributed by atoms with Gasteiger partial charge in [-0.05, 0) is 38.5 Å². The average Bonchev–Trinajstić information content (AvgIpc) is 2.36. The summed E-state index contributed by atoms with van der Waals surface area (Å²) < 4.78 is 0. The van der Waals surface area contributed by atoms with Gasteiger partial charge in [0.2, 0.25) is 5.91 Å². The van der Waals surface area contributed by atoms with Crippen LogP contribution in [0.4, 0.5) is 0 Å². The quantitative estimate of drug-likeness (QED) is 0.617. The molecule has 0 aliphatic carbocycles. The lowest BCUT2D eigenvalue weighted by molar-refractivity contribution is -0.139. The molecule has 21 heavy (non-hydrogen) atoms. The Morgan fingerprint density at radius 2 is 2.00 bits per heavy atom. The first-order valence-corrected chi connectivity index (χ1v) is 7.46. The summed E-state index contributed by atoms with van der Waals surface area (Å²) in [5.41, 5.74) is 0.924. The van der Waals surface area contributed by atoms with Gasteiger partial charge in [0.1, 0.15) is 0 Å². The minimum absolute atomic E-state index is 0.0717. The van der Waals surface area contributed by atoms with Crippen molar-refractivity contribution in [2.75, 3.05) is 0 Å². The fourth-order valence-electron chi connectivity index (χ4n) is 2.76. The zero-order chi connectivity index (χ0) is 15.8. The molecule has 1 atom stereocenters. The number of oxime groups is 1. The summed E-state index contributed by atoms with van der Waals surface area (Å²) in [5, 5.41) is 13.3.